The predicted molar refractivity (Wildman–Crippen MR) is 73.7 cm³/mol. The summed E-state index contributed by atoms with van der Waals surface area (Å²) in [6.45, 7) is 2.34. The first kappa shape index (κ1) is 12.0. The fourth-order valence-corrected chi connectivity index (χ4v) is 3.24. The molecule has 2 aliphatic rings. The first-order valence-electron chi connectivity index (χ1n) is 7.27. The lowest BCUT2D eigenvalue weighted by atomic mass is 9.89. The Labute approximate surface area is 110 Å². The monoisotopic (exact) mass is 245 g/mol. The zero-order chi connectivity index (χ0) is 12.5. The summed E-state index contributed by atoms with van der Waals surface area (Å²) in [4.78, 5) is 0. The van der Waals surface area contributed by atoms with Crippen LogP contribution in [0.3, 0.4) is 0 Å². The molecule has 0 spiro atoms. The Morgan fingerprint density at radius 3 is 2.67 bits per heavy atom. The van der Waals surface area contributed by atoms with Crippen LogP contribution in [0, 0.1) is 5.92 Å². The van der Waals surface area contributed by atoms with Crippen LogP contribution in [0.4, 0.5) is 0 Å². The summed E-state index contributed by atoms with van der Waals surface area (Å²) >= 11 is 0. The molecule has 1 atom stereocenters. The number of hydrogen-bond acceptors (Lipinski definition) is 2. The molecule has 0 unspecified atom stereocenters. The first-order valence-corrected chi connectivity index (χ1v) is 7.27. The molecule has 2 heteroatoms. The third kappa shape index (κ3) is 2.39. The molecule has 0 bridgehead atoms. The Morgan fingerprint density at radius 1 is 1.11 bits per heavy atom. The van der Waals surface area contributed by atoms with Gasteiger partial charge in [-0.25, -0.2) is 0 Å². The summed E-state index contributed by atoms with van der Waals surface area (Å²) in [5.74, 6) is 1.92. The second-order valence-corrected chi connectivity index (χ2v) is 6.01. The fraction of sp³-hybridized carbons (Fsp3) is 0.625. The zero-order valence-corrected chi connectivity index (χ0v) is 11.2. The molecule has 98 valence electrons. The Hall–Kier alpha value is -1.02. The number of benzene rings is 1. The number of aryl methyl sites for hydroxylation is 1. The first-order chi connectivity index (χ1) is 8.72. The Morgan fingerprint density at radius 2 is 1.89 bits per heavy atom. The van der Waals surface area contributed by atoms with Gasteiger partial charge in [0.15, 0.2) is 0 Å². The molecule has 2 aliphatic carbocycles. The van der Waals surface area contributed by atoms with Crippen molar-refractivity contribution in [1.29, 1.82) is 0 Å². The van der Waals surface area contributed by atoms with Crippen LogP contribution in [-0.2, 0) is 6.42 Å². The van der Waals surface area contributed by atoms with E-state index < -0.39 is 0 Å². The molecule has 0 heterocycles. The van der Waals surface area contributed by atoms with E-state index >= 15 is 0 Å². The third-order valence-corrected chi connectivity index (χ3v) is 4.50. The van der Waals surface area contributed by atoms with Crippen LogP contribution >= 0.6 is 0 Å². The molecule has 2 N–H and O–H groups in total. The molecule has 2 nitrogen and oxygen atoms in total. The van der Waals surface area contributed by atoms with Crippen molar-refractivity contribution in [3.05, 3.63) is 29.3 Å². The molecular formula is C16H23NO. The minimum Gasteiger partial charge on any atom is -0.490 e. The molecule has 0 saturated heterocycles. The Bertz CT molecular complexity index is 421. The van der Waals surface area contributed by atoms with Crippen LogP contribution in [0.15, 0.2) is 18.2 Å². The molecule has 0 amide bonds. The molecule has 18 heavy (non-hydrogen) atoms. The number of rotatable bonds is 2. The van der Waals surface area contributed by atoms with Gasteiger partial charge in [-0.3, -0.25) is 0 Å². The summed E-state index contributed by atoms with van der Waals surface area (Å²) in [5.41, 5.74) is 8.77. The Balaban J connectivity index is 1.67. The van der Waals surface area contributed by atoms with Gasteiger partial charge in [-0.05, 0) is 67.7 Å². The second kappa shape index (κ2) is 4.93. The smallest absolute Gasteiger partial charge is 0.120 e. The average molecular weight is 245 g/mol. The molecule has 1 saturated carbocycles. The van der Waals surface area contributed by atoms with Crippen molar-refractivity contribution in [2.45, 2.75) is 57.6 Å². The molecular weight excluding hydrogens is 222 g/mol. The maximum absolute atomic E-state index is 6.12. The van der Waals surface area contributed by atoms with E-state index in [1.165, 1.54) is 36.8 Å². The van der Waals surface area contributed by atoms with Gasteiger partial charge in [0.2, 0.25) is 0 Å². The van der Waals surface area contributed by atoms with Crippen molar-refractivity contribution < 1.29 is 4.74 Å². The number of fused-ring (bicyclic) bond motifs is 1. The van der Waals surface area contributed by atoms with Crippen LogP contribution in [0.25, 0.3) is 0 Å². The summed E-state index contributed by atoms with van der Waals surface area (Å²) in [6.07, 6.45) is 7.64. The molecule has 0 radical (unpaired) electrons. The van der Waals surface area contributed by atoms with Gasteiger partial charge < -0.3 is 10.5 Å². The van der Waals surface area contributed by atoms with Crippen molar-refractivity contribution in [1.82, 2.24) is 0 Å². The molecule has 0 aromatic heterocycles. The van der Waals surface area contributed by atoms with E-state index in [0.717, 1.165) is 24.5 Å². The molecule has 3 rings (SSSR count). The van der Waals surface area contributed by atoms with E-state index in [4.69, 9.17) is 10.5 Å². The topological polar surface area (TPSA) is 35.2 Å². The van der Waals surface area contributed by atoms with E-state index in [2.05, 4.69) is 25.1 Å². The van der Waals surface area contributed by atoms with Gasteiger partial charge in [0, 0.05) is 6.04 Å². The lowest BCUT2D eigenvalue weighted by Gasteiger charge is -2.27. The van der Waals surface area contributed by atoms with Gasteiger partial charge in [0.25, 0.3) is 0 Å². The molecule has 0 aliphatic heterocycles. The van der Waals surface area contributed by atoms with E-state index in [1.54, 1.807) is 0 Å². The van der Waals surface area contributed by atoms with Gasteiger partial charge >= 0.3 is 0 Å². The van der Waals surface area contributed by atoms with E-state index in [-0.39, 0.29) is 6.04 Å². The van der Waals surface area contributed by atoms with Gasteiger partial charge in [0.1, 0.15) is 5.75 Å². The largest absolute Gasteiger partial charge is 0.490 e. The molecule has 1 aromatic carbocycles. The lowest BCUT2D eigenvalue weighted by molar-refractivity contribution is 0.135. The summed E-state index contributed by atoms with van der Waals surface area (Å²) < 4.78 is 6.12. The van der Waals surface area contributed by atoms with E-state index in [0.29, 0.717) is 6.10 Å². The van der Waals surface area contributed by atoms with Crippen LogP contribution < -0.4 is 10.5 Å². The van der Waals surface area contributed by atoms with Crippen molar-refractivity contribution in [3.63, 3.8) is 0 Å². The third-order valence-electron chi connectivity index (χ3n) is 4.50. The second-order valence-electron chi connectivity index (χ2n) is 6.01. The maximum Gasteiger partial charge on any atom is 0.120 e. The SMILES string of the molecule is CC1CCC(Oc2ccc3c(c2)CC[C@H]3N)CC1. The van der Waals surface area contributed by atoms with E-state index in [1.807, 2.05) is 0 Å². The van der Waals surface area contributed by atoms with Crippen molar-refractivity contribution in [3.8, 4) is 5.75 Å². The average Bonchev–Trinajstić information content (AvgIpc) is 2.74. The summed E-state index contributed by atoms with van der Waals surface area (Å²) in [6, 6.07) is 6.71. The van der Waals surface area contributed by atoms with Crippen LogP contribution in [-0.4, -0.2) is 6.10 Å². The van der Waals surface area contributed by atoms with Gasteiger partial charge in [-0.2, -0.15) is 0 Å². The fourth-order valence-electron chi connectivity index (χ4n) is 3.24. The minimum absolute atomic E-state index is 0.240. The lowest BCUT2D eigenvalue weighted by Crippen LogP contribution is -2.23. The van der Waals surface area contributed by atoms with Gasteiger partial charge in [-0.1, -0.05) is 13.0 Å². The van der Waals surface area contributed by atoms with Crippen LogP contribution in [0.2, 0.25) is 0 Å². The van der Waals surface area contributed by atoms with E-state index in [9.17, 15) is 0 Å². The van der Waals surface area contributed by atoms with Crippen molar-refractivity contribution >= 4 is 0 Å². The normalized spacial score (nSPS) is 31.1. The standard InChI is InChI=1S/C16H23NO/c1-11-2-5-13(6-3-11)18-14-7-8-15-12(10-14)4-9-16(15)17/h7-8,10-11,13,16H,2-6,9,17H2,1H3/t11?,13?,16-/m1/s1. The zero-order valence-electron chi connectivity index (χ0n) is 11.2. The number of hydrogen-bond donors (Lipinski definition) is 1. The van der Waals surface area contributed by atoms with Crippen LogP contribution in [0.5, 0.6) is 5.75 Å². The van der Waals surface area contributed by atoms with Crippen molar-refractivity contribution in [2.75, 3.05) is 0 Å². The molecule has 1 aromatic rings. The summed E-state index contributed by atoms with van der Waals surface area (Å²) in [5, 5.41) is 0. The minimum atomic E-state index is 0.240. The molecule has 1 fully saturated rings. The number of nitrogens with two attached hydrogens (primary N) is 1. The number of ether oxygens (including phenoxy) is 1. The highest BCUT2D eigenvalue weighted by Gasteiger charge is 2.22. The predicted octanol–water partition coefficient (Wildman–Crippen LogP) is 3.59. The van der Waals surface area contributed by atoms with Gasteiger partial charge in [-0.15, -0.1) is 0 Å². The Kier molecular flexibility index (Phi) is 3.29. The van der Waals surface area contributed by atoms with Gasteiger partial charge in [0.05, 0.1) is 6.10 Å². The highest BCUT2D eigenvalue weighted by molar-refractivity contribution is 5.40. The summed E-state index contributed by atoms with van der Waals surface area (Å²) in [7, 11) is 0. The quantitative estimate of drug-likeness (QED) is 0.864. The van der Waals surface area contributed by atoms with Crippen LogP contribution in [0.1, 0.15) is 56.2 Å². The maximum atomic E-state index is 6.12. The highest BCUT2D eigenvalue weighted by atomic mass is 16.5. The highest BCUT2D eigenvalue weighted by Crippen LogP contribution is 2.33. The van der Waals surface area contributed by atoms with Crippen molar-refractivity contribution in [2.24, 2.45) is 11.7 Å².